The highest BCUT2D eigenvalue weighted by molar-refractivity contribution is 8.14. The Bertz CT molecular complexity index is 676. The Morgan fingerprint density at radius 3 is 2.88 bits per heavy atom. The molecule has 134 valence electrons. The van der Waals surface area contributed by atoms with E-state index in [-0.39, 0.29) is 35.4 Å². The lowest BCUT2D eigenvalue weighted by Gasteiger charge is -2.34. The number of nitrogens with zero attached hydrogens (tertiary/aromatic N) is 2. The molecule has 2 atom stereocenters. The first kappa shape index (κ1) is 17.9. The maximum Gasteiger partial charge on any atom is 0.289 e. The number of hydrogen-bond acceptors (Lipinski definition) is 5. The van der Waals surface area contributed by atoms with Gasteiger partial charge in [-0.3, -0.25) is 19.3 Å². The summed E-state index contributed by atoms with van der Waals surface area (Å²) in [6.07, 6.45) is 2.02. The van der Waals surface area contributed by atoms with E-state index in [4.69, 9.17) is 5.73 Å². The number of carbonyl (C=O) groups excluding carboxylic acids is 3. The fraction of sp³-hybridized carbons (Fsp3) is 0.500. The minimum Gasteiger partial charge on any atom is -0.338 e. The monoisotopic (exact) mass is 361 g/mol. The average molecular weight is 361 g/mol. The summed E-state index contributed by atoms with van der Waals surface area (Å²) in [6.45, 7) is 3.63. The third-order valence-corrected chi connectivity index (χ3v) is 5.70. The van der Waals surface area contributed by atoms with E-state index < -0.39 is 0 Å². The van der Waals surface area contributed by atoms with E-state index in [9.17, 15) is 14.4 Å². The first-order valence-corrected chi connectivity index (χ1v) is 9.55. The molecule has 2 saturated heterocycles. The molecule has 0 bridgehead atoms. The summed E-state index contributed by atoms with van der Waals surface area (Å²) in [7, 11) is 0. The smallest absolute Gasteiger partial charge is 0.289 e. The fourth-order valence-electron chi connectivity index (χ4n) is 3.33. The number of amides is 3. The van der Waals surface area contributed by atoms with E-state index in [1.165, 1.54) is 4.90 Å². The number of imide groups is 1. The summed E-state index contributed by atoms with van der Waals surface area (Å²) in [6, 6.07) is 7.27. The van der Waals surface area contributed by atoms with Crippen LogP contribution in [0, 0.1) is 5.92 Å². The summed E-state index contributed by atoms with van der Waals surface area (Å²) >= 11 is 1.02. The van der Waals surface area contributed by atoms with Crippen LogP contribution in [-0.2, 0) is 11.3 Å². The van der Waals surface area contributed by atoms with Gasteiger partial charge in [0.2, 0.25) is 5.91 Å². The molecule has 0 aromatic heterocycles. The van der Waals surface area contributed by atoms with Crippen LogP contribution in [-0.4, -0.2) is 51.7 Å². The second-order valence-corrected chi connectivity index (χ2v) is 7.67. The van der Waals surface area contributed by atoms with Crippen molar-refractivity contribution in [2.75, 3.05) is 18.8 Å². The van der Waals surface area contributed by atoms with Crippen LogP contribution in [0.15, 0.2) is 24.3 Å². The van der Waals surface area contributed by atoms with Crippen molar-refractivity contribution >= 4 is 28.8 Å². The van der Waals surface area contributed by atoms with Crippen LogP contribution >= 0.6 is 11.8 Å². The predicted octanol–water partition coefficient (Wildman–Crippen LogP) is 2.08. The van der Waals surface area contributed by atoms with Crippen LogP contribution in [0.4, 0.5) is 4.79 Å². The summed E-state index contributed by atoms with van der Waals surface area (Å²) < 4.78 is 0. The molecule has 2 aliphatic heterocycles. The van der Waals surface area contributed by atoms with E-state index in [0.717, 1.165) is 36.7 Å². The first-order chi connectivity index (χ1) is 12.0. The first-order valence-electron chi connectivity index (χ1n) is 8.56. The van der Waals surface area contributed by atoms with Gasteiger partial charge in [-0.1, -0.05) is 23.9 Å². The molecule has 0 aliphatic carbocycles. The van der Waals surface area contributed by atoms with Gasteiger partial charge in [-0.15, -0.1) is 0 Å². The maximum absolute atomic E-state index is 12.8. The fourth-order valence-corrected chi connectivity index (χ4v) is 4.05. The molecular weight excluding hydrogens is 338 g/mol. The highest BCUT2D eigenvalue weighted by Gasteiger charge is 2.30. The third kappa shape index (κ3) is 4.04. The van der Waals surface area contributed by atoms with Crippen molar-refractivity contribution in [1.29, 1.82) is 0 Å². The van der Waals surface area contributed by atoms with Crippen molar-refractivity contribution < 1.29 is 14.4 Å². The molecule has 0 saturated carbocycles. The van der Waals surface area contributed by atoms with E-state index in [1.54, 1.807) is 18.2 Å². The average Bonchev–Trinajstić information content (AvgIpc) is 2.93. The molecule has 3 rings (SSSR count). The Kier molecular flexibility index (Phi) is 5.44. The van der Waals surface area contributed by atoms with Crippen molar-refractivity contribution in [3.8, 4) is 0 Å². The van der Waals surface area contributed by atoms with Gasteiger partial charge in [0.1, 0.15) is 0 Å². The highest BCUT2D eigenvalue weighted by Crippen LogP contribution is 2.23. The molecule has 25 heavy (non-hydrogen) atoms. The van der Waals surface area contributed by atoms with E-state index >= 15 is 0 Å². The van der Waals surface area contributed by atoms with E-state index in [1.807, 2.05) is 17.9 Å². The lowest BCUT2D eigenvalue weighted by Crippen LogP contribution is -2.45. The second kappa shape index (κ2) is 7.58. The molecule has 2 fully saturated rings. The van der Waals surface area contributed by atoms with E-state index in [0.29, 0.717) is 18.0 Å². The van der Waals surface area contributed by atoms with Crippen molar-refractivity contribution in [2.45, 2.75) is 32.4 Å². The molecule has 2 N–H and O–H groups in total. The van der Waals surface area contributed by atoms with Gasteiger partial charge in [0, 0.05) is 24.7 Å². The lowest BCUT2D eigenvalue weighted by molar-refractivity contribution is -0.125. The van der Waals surface area contributed by atoms with Gasteiger partial charge in [0.15, 0.2) is 0 Å². The molecule has 1 aromatic carbocycles. The van der Waals surface area contributed by atoms with Gasteiger partial charge >= 0.3 is 0 Å². The zero-order valence-electron chi connectivity index (χ0n) is 14.3. The Balaban J connectivity index is 1.71. The second-order valence-electron chi connectivity index (χ2n) is 6.75. The third-order valence-electron chi connectivity index (χ3n) is 4.84. The van der Waals surface area contributed by atoms with Crippen molar-refractivity contribution in [1.82, 2.24) is 9.80 Å². The molecule has 2 heterocycles. The zero-order valence-corrected chi connectivity index (χ0v) is 15.1. The molecular formula is C18H23N3O3S. The van der Waals surface area contributed by atoms with Crippen LogP contribution in [0.5, 0.6) is 0 Å². The van der Waals surface area contributed by atoms with Gasteiger partial charge in [0.05, 0.1) is 12.3 Å². The summed E-state index contributed by atoms with van der Waals surface area (Å²) in [4.78, 5) is 39.4. The quantitative estimate of drug-likeness (QED) is 0.888. The predicted molar refractivity (Wildman–Crippen MR) is 97.1 cm³/mol. The number of carbonyl (C=O) groups is 3. The minimum atomic E-state index is -0.225. The van der Waals surface area contributed by atoms with Crippen molar-refractivity contribution in [3.05, 3.63) is 35.4 Å². The van der Waals surface area contributed by atoms with Gasteiger partial charge in [-0.25, -0.2) is 0 Å². The molecule has 1 aromatic rings. The molecule has 7 heteroatoms. The Labute approximate surface area is 151 Å². The van der Waals surface area contributed by atoms with Crippen LogP contribution in [0.2, 0.25) is 0 Å². The molecule has 6 nitrogen and oxygen atoms in total. The Hall–Kier alpha value is -1.86. The highest BCUT2D eigenvalue weighted by atomic mass is 32.2. The largest absolute Gasteiger partial charge is 0.338 e. The van der Waals surface area contributed by atoms with Crippen LogP contribution in [0.1, 0.15) is 35.7 Å². The zero-order chi connectivity index (χ0) is 18.0. The molecule has 3 amide bonds. The number of nitrogens with two attached hydrogens (primary N) is 1. The van der Waals surface area contributed by atoms with Gasteiger partial charge in [-0.2, -0.15) is 0 Å². The number of likely N-dealkylation sites (tertiary alicyclic amines) is 1. The number of piperidine rings is 1. The Morgan fingerprint density at radius 1 is 1.40 bits per heavy atom. The summed E-state index contributed by atoms with van der Waals surface area (Å²) in [5.41, 5.74) is 7.38. The number of rotatable bonds is 4. The normalized spacial score (nSPS) is 22.4. The minimum absolute atomic E-state index is 0.0133. The number of hydrogen-bond donors (Lipinski definition) is 1. The standard InChI is InChI=1S/C18H23N3O3S/c1-12(19)15-6-3-7-20(10-15)17(23)14-5-2-4-13(8-14)9-21-16(22)11-25-18(21)24/h2,4-5,8,12,15H,3,6-7,9-11,19H2,1H3. The van der Waals surface area contributed by atoms with Gasteiger partial charge < -0.3 is 10.6 Å². The van der Waals surface area contributed by atoms with Crippen LogP contribution < -0.4 is 5.73 Å². The molecule has 0 spiro atoms. The maximum atomic E-state index is 12.8. The topological polar surface area (TPSA) is 83.7 Å². The Morgan fingerprint density at radius 2 is 2.20 bits per heavy atom. The molecule has 2 unspecified atom stereocenters. The number of thioether (sulfide) groups is 1. The summed E-state index contributed by atoms with van der Waals surface area (Å²) in [5.74, 6) is 0.338. The van der Waals surface area contributed by atoms with Crippen LogP contribution in [0.3, 0.4) is 0 Å². The van der Waals surface area contributed by atoms with E-state index in [2.05, 4.69) is 0 Å². The van der Waals surface area contributed by atoms with Crippen molar-refractivity contribution in [3.63, 3.8) is 0 Å². The molecule has 0 radical (unpaired) electrons. The molecule has 2 aliphatic rings. The van der Waals surface area contributed by atoms with Gasteiger partial charge in [-0.05, 0) is 43.4 Å². The summed E-state index contributed by atoms with van der Waals surface area (Å²) in [5, 5.41) is -0.225. The lowest BCUT2D eigenvalue weighted by atomic mass is 9.92. The number of benzene rings is 1. The van der Waals surface area contributed by atoms with Crippen LogP contribution in [0.25, 0.3) is 0 Å². The van der Waals surface area contributed by atoms with Gasteiger partial charge in [0.25, 0.3) is 11.1 Å². The SMILES string of the molecule is CC(N)C1CCCN(C(=O)c2cccc(CN3C(=O)CSC3=O)c2)C1. The van der Waals surface area contributed by atoms with Crippen molar-refractivity contribution in [2.24, 2.45) is 11.7 Å².